The van der Waals surface area contributed by atoms with E-state index in [1.807, 2.05) is 6.92 Å². The van der Waals surface area contributed by atoms with Gasteiger partial charge < -0.3 is 19.5 Å². The van der Waals surface area contributed by atoms with Crippen LogP contribution in [0.3, 0.4) is 0 Å². The first-order valence-electron chi connectivity index (χ1n) is 7.79. The smallest absolute Gasteiger partial charge is 0.407 e. The number of nitrogens with zero attached hydrogens (tertiary/aromatic N) is 4. The maximum absolute atomic E-state index is 10.9. The highest BCUT2D eigenvalue weighted by Crippen LogP contribution is 2.26. The molecule has 3 rings (SSSR count). The molecule has 1 saturated heterocycles. The summed E-state index contributed by atoms with van der Waals surface area (Å²) in [6.07, 6.45) is 1.66. The maximum atomic E-state index is 10.9. The highest BCUT2D eigenvalue weighted by atomic mass is 79.9. The van der Waals surface area contributed by atoms with Gasteiger partial charge in [-0.2, -0.15) is 0 Å². The van der Waals surface area contributed by atoms with Crippen LogP contribution in [0.5, 0.6) is 17.5 Å². The van der Waals surface area contributed by atoms with Gasteiger partial charge >= 0.3 is 6.09 Å². The van der Waals surface area contributed by atoms with E-state index in [9.17, 15) is 4.79 Å². The van der Waals surface area contributed by atoms with Crippen LogP contribution in [0, 0.1) is 6.92 Å². The lowest BCUT2D eigenvalue weighted by Crippen LogP contribution is -2.41. The van der Waals surface area contributed by atoms with Gasteiger partial charge in [-0.3, -0.25) is 0 Å². The second-order valence-electron chi connectivity index (χ2n) is 5.60. The first-order chi connectivity index (χ1) is 12.0. The summed E-state index contributed by atoms with van der Waals surface area (Å²) in [5, 5.41) is 8.97. The Kier molecular flexibility index (Phi) is 5.32. The molecular formula is C16H17BrN4O4. The minimum Gasteiger partial charge on any atom is -0.474 e. The number of ether oxygens (including phenoxy) is 2. The molecule has 0 aromatic carbocycles. The standard InChI is InChI=1S/C16H17BrN4O4/c1-10-12(2-3-13(17)20-10)25-15-8-14(18-9-19-15)24-11-4-6-21(7-5-11)16(22)23/h2-3,8-9,11H,4-7H2,1H3,(H,22,23). The summed E-state index contributed by atoms with van der Waals surface area (Å²) >= 11 is 3.31. The molecule has 2 aromatic heterocycles. The molecule has 3 heterocycles. The zero-order valence-electron chi connectivity index (χ0n) is 13.6. The summed E-state index contributed by atoms with van der Waals surface area (Å²) in [4.78, 5) is 24.8. The van der Waals surface area contributed by atoms with Crippen LogP contribution in [-0.2, 0) is 0 Å². The molecule has 132 valence electrons. The number of rotatable bonds is 4. The number of hydrogen-bond donors (Lipinski definition) is 1. The summed E-state index contributed by atoms with van der Waals surface area (Å²) in [6.45, 7) is 2.76. The number of aromatic nitrogens is 3. The van der Waals surface area contributed by atoms with Crippen molar-refractivity contribution < 1.29 is 19.4 Å². The number of hydrogen-bond acceptors (Lipinski definition) is 6. The lowest BCUT2D eigenvalue weighted by Gasteiger charge is -2.29. The highest BCUT2D eigenvalue weighted by molar-refractivity contribution is 9.10. The SMILES string of the molecule is Cc1nc(Br)ccc1Oc1cc(OC2CCN(C(=O)O)CC2)ncn1. The second kappa shape index (κ2) is 7.64. The Morgan fingerprint density at radius 3 is 2.68 bits per heavy atom. The molecule has 25 heavy (non-hydrogen) atoms. The monoisotopic (exact) mass is 408 g/mol. The Balaban J connectivity index is 1.63. The van der Waals surface area contributed by atoms with Gasteiger partial charge in [-0.1, -0.05) is 0 Å². The van der Waals surface area contributed by atoms with Crippen molar-refractivity contribution in [2.75, 3.05) is 13.1 Å². The second-order valence-corrected chi connectivity index (χ2v) is 6.41. The predicted octanol–water partition coefficient (Wildman–Crippen LogP) is 3.26. The van der Waals surface area contributed by atoms with Crippen LogP contribution >= 0.6 is 15.9 Å². The minimum absolute atomic E-state index is 0.0746. The number of aryl methyl sites for hydroxylation is 1. The van der Waals surface area contributed by atoms with E-state index in [0.29, 0.717) is 43.4 Å². The molecular weight excluding hydrogens is 392 g/mol. The summed E-state index contributed by atoms with van der Waals surface area (Å²) in [5.41, 5.74) is 0.733. The summed E-state index contributed by atoms with van der Waals surface area (Å²) < 4.78 is 12.3. The van der Waals surface area contributed by atoms with E-state index in [2.05, 4.69) is 30.9 Å². The first kappa shape index (κ1) is 17.4. The molecule has 8 nitrogen and oxygen atoms in total. The predicted molar refractivity (Wildman–Crippen MR) is 92.0 cm³/mol. The van der Waals surface area contributed by atoms with E-state index in [-0.39, 0.29) is 6.10 Å². The molecule has 1 aliphatic rings. The van der Waals surface area contributed by atoms with Crippen LogP contribution in [0.1, 0.15) is 18.5 Å². The molecule has 9 heteroatoms. The van der Waals surface area contributed by atoms with Crippen molar-refractivity contribution in [1.82, 2.24) is 19.9 Å². The van der Waals surface area contributed by atoms with Gasteiger partial charge in [0.15, 0.2) is 5.75 Å². The van der Waals surface area contributed by atoms with E-state index in [4.69, 9.17) is 14.6 Å². The van der Waals surface area contributed by atoms with Crippen LogP contribution in [0.4, 0.5) is 4.79 Å². The van der Waals surface area contributed by atoms with E-state index in [1.54, 1.807) is 18.2 Å². The van der Waals surface area contributed by atoms with Crippen LogP contribution in [0.25, 0.3) is 0 Å². The summed E-state index contributed by atoms with van der Waals surface area (Å²) in [7, 11) is 0. The number of pyridine rings is 1. The number of likely N-dealkylation sites (tertiary alicyclic amines) is 1. The lowest BCUT2D eigenvalue weighted by atomic mass is 10.1. The van der Waals surface area contributed by atoms with E-state index < -0.39 is 6.09 Å². The van der Waals surface area contributed by atoms with Gasteiger partial charge in [0.2, 0.25) is 11.8 Å². The maximum Gasteiger partial charge on any atom is 0.407 e. The third kappa shape index (κ3) is 4.56. The van der Waals surface area contributed by atoms with Gasteiger partial charge in [0.1, 0.15) is 17.0 Å². The molecule has 0 aliphatic carbocycles. The van der Waals surface area contributed by atoms with Crippen molar-refractivity contribution >= 4 is 22.0 Å². The molecule has 1 aliphatic heterocycles. The zero-order chi connectivity index (χ0) is 17.8. The molecule has 0 atom stereocenters. The quantitative estimate of drug-likeness (QED) is 0.775. The van der Waals surface area contributed by atoms with Crippen molar-refractivity contribution in [1.29, 1.82) is 0 Å². The van der Waals surface area contributed by atoms with Crippen molar-refractivity contribution in [2.24, 2.45) is 0 Å². The van der Waals surface area contributed by atoms with Gasteiger partial charge in [0, 0.05) is 25.9 Å². The van der Waals surface area contributed by atoms with Gasteiger partial charge in [-0.15, -0.1) is 0 Å². The Morgan fingerprint density at radius 1 is 1.28 bits per heavy atom. The van der Waals surface area contributed by atoms with Crippen molar-refractivity contribution in [3.8, 4) is 17.5 Å². The molecule has 0 unspecified atom stereocenters. The fourth-order valence-corrected chi connectivity index (χ4v) is 2.92. The largest absolute Gasteiger partial charge is 0.474 e. The van der Waals surface area contributed by atoms with E-state index in [0.717, 1.165) is 10.3 Å². The average molecular weight is 409 g/mol. The normalized spacial score (nSPS) is 15.0. The van der Waals surface area contributed by atoms with Gasteiger partial charge in [-0.25, -0.2) is 19.7 Å². The number of amides is 1. The summed E-state index contributed by atoms with van der Waals surface area (Å²) in [6, 6.07) is 5.21. The Morgan fingerprint density at radius 2 is 2.00 bits per heavy atom. The van der Waals surface area contributed by atoms with Crippen LogP contribution in [-0.4, -0.2) is 50.2 Å². The van der Waals surface area contributed by atoms with Gasteiger partial charge in [0.05, 0.1) is 11.8 Å². The Labute approximate surface area is 153 Å². The van der Waals surface area contributed by atoms with E-state index in [1.165, 1.54) is 11.2 Å². The molecule has 1 fully saturated rings. The number of carbonyl (C=O) groups is 1. The fraction of sp³-hybridized carbons (Fsp3) is 0.375. The molecule has 2 aromatic rings. The molecule has 0 radical (unpaired) electrons. The topological polar surface area (TPSA) is 97.7 Å². The summed E-state index contributed by atoms with van der Waals surface area (Å²) in [5.74, 6) is 1.37. The zero-order valence-corrected chi connectivity index (χ0v) is 15.1. The first-order valence-corrected chi connectivity index (χ1v) is 8.58. The average Bonchev–Trinajstić information content (AvgIpc) is 2.58. The van der Waals surface area contributed by atoms with E-state index >= 15 is 0 Å². The number of carboxylic acid groups (broad SMARTS) is 1. The Bertz CT molecular complexity index is 766. The van der Waals surface area contributed by atoms with Crippen molar-refractivity contribution in [3.63, 3.8) is 0 Å². The van der Waals surface area contributed by atoms with Crippen LogP contribution < -0.4 is 9.47 Å². The third-order valence-electron chi connectivity index (χ3n) is 3.83. The molecule has 1 N–H and O–H groups in total. The van der Waals surface area contributed by atoms with Crippen LogP contribution in [0.15, 0.2) is 29.1 Å². The minimum atomic E-state index is -0.894. The van der Waals surface area contributed by atoms with Crippen LogP contribution in [0.2, 0.25) is 0 Å². The number of piperidine rings is 1. The fourth-order valence-electron chi connectivity index (χ4n) is 2.52. The van der Waals surface area contributed by atoms with Crippen molar-refractivity contribution in [3.05, 3.63) is 34.8 Å². The lowest BCUT2D eigenvalue weighted by molar-refractivity contribution is 0.0869. The number of halogens is 1. The third-order valence-corrected chi connectivity index (χ3v) is 4.28. The van der Waals surface area contributed by atoms with Crippen molar-refractivity contribution in [2.45, 2.75) is 25.9 Å². The highest BCUT2D eigenvalue weighted by Gasteiger charge is 2.23. The molecule has 0 bridgehead atoms. The molecule has 0 saturated carbocycles. The molecule has 1 amide bonds. The van der Waals surface area contributed by atoms with Gasteiger partial charge in [0.25, 0.3) is 0 Å². The Hall–Kier alpha value is -2.42. The molecule has 0 spiro atoms. The van der Waals surface area contributed by atoms with Gasteiger partial charge in [-0.05, 0) is 35.0 Å².